The highest BCUT2D eigenvalue weighted by Gasteiger charge is 2.13. The molecule has 3 aromatic rings. The molecule has 8 nitrogen and oxygen atoms in total. The summed E-state index contributed by atoms with van der Waals surface area (Å²) in [7, 11) is 0. The Morgan fingerprint density at radius 2 is 2.04 bits per heavy atom. The van der Waals surface area contributed by atoms with Gasteiger partial charge >= 0.3 is 0 Å². The minimum atomic E-state index is 0.0146. The molecule has 4 rings (SSSR count). The Bertz CT molecular complexity index is 864. The quantitative estimate of drug-likeness (QED) is 0.727. The molecule has 2 N–H and O–H groups in total. The molecule has 0 aliphatic carbocycles. The second-order valence-electron chi connectivity index (χ2n) is 5.38. The molecule has 0 saturated carbocycles. The third kappa shape index (κ3) is 2.71. The first-order valence-electron chi connectivity index (χ1n) is 7.75. The number of aromatic nitrogens is 4. The van der Waals surface area contributed by atoms with Gasteiger partial charge in [0.2, 0.25) is 0 Å². The van der Waals surface area contributed by atoms with Gasteiger partial charge in [0.05, 0.1) is 24.7 Å². The zero-order valence-electron chi connectivity index (χ0n) is 13.0. The van der Waals surface area contributed by atoms with Gasteiger partial charge in [-0.1, -0.05) is 6.07 Å². The average Bonchev–Trinajstić information content (AvgIpc) is 3.04. The molecule has 0 amide bonds. The normalized spacial score (nSPS) is 13.2. The maximum Gasteiger partial charge on any atom is 0.163 e. The summed E-state index contributed by atoms with van der Waals surface area (Å²) < 4.78 is 12.8. The van der Waals surface area contributed by atoms with Crippen LogP contribution < -0.4 is 14.8 Å². The number of rotatable bonds is 5. The third-order valence-electron chi connectivity index (χ3n) is 3.81. The molecular weight excluding hydrogens is 310 g/mol. The van der Waals surface area contributed by atoms with Crippen LogP contribution in [0.1, 0.15) is 5.56 Å². The molecule has 124 valence electrons. The fourth-order valence-electron chi connectivity index (χ4n) is 2.68. The number of nitrogens with one attached hydrogen (secondary N) is 1. The van der Waals surface area contributed by atoms with Crippen molar-refractivity contribution < 1.29 is 14.6 Å². The Labute approximate surface area is 138 Å². The molecule has 3 heterocycles. The lowest BCUT2D eigenvalue weighted by molar-refractivity contribution is 0.171. The first-order chi connectivity index (χ1) is 11.8. The van der Waals surface area contributed by atoms with Crippen molar-refractivity contribution in [3.05, 3.63) is 36.3 Å². The molecule has 2 aromatic heterocycles. The fraction of sp³-hybridized carbons (Fsp3) is 0.312. The van der Waals surface area contributed by atoms with Gasteiger partial charge in [-0.15, -0.1) is 0 Å². The Hall–Kier alpha value is -2.87. The minimum absolute atomic E-state index is 0.0146. The van der Waals surface area contributed by atoms with Gasteiger partial charge in [-0.2, -0.15) is 5.10 Å². The van der Waals surface area contributed by atoms with Crippen LogP contribution in [0, 0.1) is 0 Å². The van der Waals surface area contributed by atoms with Crippen molar-refractivity contribution >= 4 is 16.9 Å². The van der Waals surface area contributed by atoms with Crippen molar-refractivity contribution in [3.8, 4) is 11.5 Å². The molecule has 1 aliphatic heterocycles. The highest BCUT2D eigenvalue weighted by molar-refractivity contribution is 5.86. The van der Waals surface area contributed by atoms with Crippen LogP contribution >= 0.6 is 0 Å². The number of aliphatic hydroxyl groups is 1. The van der Waals surface area contributed by atoms with Gasteiger partial charge in [-0.25, -0.2) is 14.6 Å². The summed E-state index contributed by atoms with van der Waals surface area (Å²) in [5, 5.41) is 17.4. The predicted octanol–water partition coefficient (Wildman–Crippen LogP) is 1.20. The molecule has 0 fully saturated rings. The lowest BCUT2D eigenvalue weighted by Gasteiger charge is -2.19. The molecule has 0 unspecified atom stereocenters. The topological polar surface area (TPSA) is 94.3 Å². The smallest absolute Gasteiger partial charge is 0.163 e. The zero-order chi connectivity index (χ0) is 16.4. The van der Waals surface area contributed by atoms with E-state index in [4.69, 9.17) is 14.6 Å². The lowest BCUT2D eigenvalue weighted by Crippen LogP contribution is -2.15. The van der Waals surface area contributed by atoms with Crippen LogP contribution in [0.2, 0.25) is 0 Å². The van der Waals surface area contributed by atoms with E-state index in [-0.39, 0.29) is 6.61 Å². The van der Waals surface area contributed by atoms with Crippen LogP contribution in [0.4, 0.5) is 5.82 Å². The molecule has 1 aliphatic rings. The summed E-state index contributed by atoms with van der Waals surface area (Å²) in [4.78, 5) is 8.52. The second-order valence-corrected chi connectivity index (χ2v) is 5.38. The fourth-order valence-corrected chi connectivity index (χ4v) is 2.68. The zero-order valence-corrected chi connectivity index (χ0v) is 13.0. The van der Waals surface area contributed by atoms with Gasteiger partial charge in [0.1, 0.15) is 25.4 Å². The molecule has 8 heteroatoms. The molecular formula is C16H17N5O3. The Morgan fingerprint density at radius 3 is 2.92 bits per heavy atom. The number of aliphatic hydroxyl groups excluding tert-OH is 1. The van der Waals surface area contributed by atoms with Gasteiger partial charge in [0.25, 0.3) is 0 Å². The second kappa shape index (κ2) is 6.32. The molecule has 0 saturated heterocycles. The molecule has 24 heavy (non-hydrogen) atoms. The van der Waals surface area contributed by atoms with E-state index in [9.17, 15) is 0 Å². The Kier molecular flexibility index (Phi) is 3.87. The minimum Gasteiger partial charge on any atom is -0.486 e. The van der Waals surface area contributed by atoms with E-state index in [0.29, 0.717) is 37.8 Å². The largest absolute Gasteiger partial charge is 0.486 e. The number of hydrogen-bond donors (Lipinski definition) is 2. The van der Waals surface area contributed by atoms with Crippen molar-refractivity contribution in [1.82, 2.24) is 19.7 Å². The van der Waals surface area contributed by atoms with Crippen LogP contribution in [0.5, 0.6) is 11.5 Å². The molecule has 0 radical (unpaired) electrons. The van der Waals surface area contributed by atoms with E-state index in [0.717, 1.165) is 22.4 Å². The SMILES string of the molecule is OCCn1ncc2c(NCc3ccc4c(c3)OCCO4)ncnc21. The summed E-state index contributed by atoms with van der Waals surface area (Å²) in [5.74, 6) is 2.25. The van der Waals surface area contributed by atoms with Crippen LogP contribution in [0.25, 0.3) is 11.0 Å². The highest BCUT2D eigenvalue weighted by Crippen LogP contribution is 2.31. The summed E-state index contributed by atoms with van der Waals surface area (Å²) in [6.07, 6.45) is 3.20. The van der Waals surface area contributed by atoms with Crippen LogP contribution in [0.15, 0.2) is 30.7 Å². The summed E-state index contributed by atoms with van der Waals surface area (Å²) in [6.45, 7) is 2.17. The van der Waals surface area contributed by atoms with Crippen LogP contribution in [-0.4, -0.2) is 44.7 Å². The lowest BCUT2D eigenvalue weighted by atomic mass is 10.2. The van der Waals surface area contributed by atoms with E-state index in [1.54, 1.807) is 10.9 Å². The first kappa shape index (κ1) is 14.7. The van der Waals surface area contributed by atoms with Crippen molar-refractivity contribution in [2.45, 2.75) is 13.1 Å². The van der Waals surface area contributed by atoms with Gasteiger partial charge < -0.3 is 19.9 Å². The number of benzene rings is 1. The Balaban J connectivity index is 1.54. The van der Waals surface area contributed by atoms with Crippen molar-refractivity contribution in [3.63, 3.8) is 0 Å². The number of anilines is 1. The van der Waals surface area contributed by atoms with E-state index < -0.39 is 0 Å². The van der Waals surface area contributed by atoms with E-state index in [2.05, 4.69) is 20.4 Å². The molecule has 1 aromatic carbocycles. The third-order valence-corrected chi connectivity index (χ3v) is 3.81. The van der Waals surface area contributed by atoms with E-state index in [1.165, 1.54) is 6.33 Å². The van der Waals surface area contributed by atoms with Gasteiger partial charge in [0, 0.05) is 6.54 Å². The number of nitrogens with zero attached hydrogens (tertiary/aromatic N) is 4. The van der Waals surface area contributed by atoms with Crippen LogP contribution in [-0.2, 0) is 13.1 Å². The summed E-state index contributed by atoms with van der Waals surface area (Å²) >= 11 is 0. The number of ether oxygens (including phenoxy) is 2. The number of fused-ring (bicyclic) bond motifs is 2. The van der Waals surface area contributed by atoms with Gasteiger partial charge in [0.15, 0.2) is 17.1 Å². The summed E-state index contributed by atoms with van der Waals surface area (Å²) in [6, 6.07) is 5.88. The highest BCUT2D eigenvalue weighted by atomic mass is 16.6. The standard InChI is InChI=1S/C16H17N5O3/c22-4-3-21-16-12(9-20-21)15(18-10-19-16)17-8-11-1-2-13-14(7-11)24-6-5-23-13/h1-2,7,9-10,22H,3-6,8H2,(H,17,18,19). The van der Waals surface area contributed by atoms with Crippen molar-refractivity contribution in [2.75, 3.05) is 25.1 Å². The van der Waals surface area contributed by atoms with Gasteiger partial charge in [-0.3, -0.25) is 0 Å². The molecule has 0 atom stereocenters. The average molecular weight is 327 g/mol. The Morgan fingerprint density at radius 1 is 1.17 bits per heavy atom. The number of hydrogen-bond acceptors (Lipinski definition) is 7. The van der Waals surface area contributed by atoms with E-state index >= 15 is 0 Å². The molecule has 0 spiro atoms. The predicted molar refractivity (Wildman–Crippen MR) is 87.2 cm³/mol. The van der Waals surface area contributed by atoms with E-state index in [1.807, 2.05) is 18.2 Å². The first-order valence-corrected chi connectivity index (χ1v) is 7.75. The monoisotopic (exact) mass is 327 g/mol. The van der Waals surface area contributed by atoms with Crippen LogP contribution in [0.3, 0.4) is 0 Å². The molecule has 0 bridgehead atoms. The van der Waals surface area contributed by atoms with Crippen molar-refractivity contribution in [1.29, 1.82) is 0 Å². The van der Waals surface area contributed by atoms with Gasteiger partial charge in [-0.05, 0) is 17.7 Å². The summed E-state index contributed by atoms with van der Waals surface area (Å²) in [5.41, 5.74) is 1.76. The maximum atomic E-state index is 9.07. The maximum absolute atomic E-state index is 9.07. The van der Waals surface area contributed by atoms with Crippen molar-refractivity contribution in [2.24, 2.45) is 0 Å².